The lowest BCUT2D eigenvalue weighted by Crippen LogP contribution is -2.35. The number of nitrogens with one attached hydrogen (secondary N) is 1. The van der Waals surface area contributed by atoms with Gasteiger partial charge in [0.25, 0.3) is 0 Å². The third-order valence-electron chi connectivity index (χ3n) is 2.67. The fourth-order valence-corrected chi connectivity index (χ4v) is 2.52. The molecule has 1 aliphatic rings. The Labute approximate surface area is 117 Å². The predicted octanol–water partition coefficient (Wildman–Crippen LogP) is 2.17. The van der Waals surface area contributed by atoms with Crippen molar-refractivity contribution in [3.05, 3.63) is 40.4 Å². The monoisotopic (exact) mass is 352 g/mol. The number of anilines is 3. The number of halogens is 1. The lowest BCUT2D eigenvalue weighted by atomic mass is 10.2. The van der Waals surface area contributed by atoms with Crippen LogP contribution in [0.5, 0.6) is 0 Å². The van der Waals surface area contributed by atoms with Crippen LogP contribution in [0.3, 0.4) is 0 Å². The second-order valence-electron chi connectivity index (χ2n) is 3.85. The van der Waals surface area contributed by atoms with Crippen molar-refractivity contribution in [1.29, 1.82) is 0 Å². The van der Waals surface area contributed by atoms with Gasteiger partial charge in [0, 0.05) is 6.20 Å². The van der Waals surface area contributed by atoms with Gasteiger partial charge >= 0.3 is 0 Å². The van der Waals surface area contributed by atoms with E-state index in [1.807, 2.05) is 29.2 Å². The van der Waals surface area contributed by atoms with E-state index in [0.717, 1.165) is 20.8 Å². The van der Waals surface area contributed by atoms with Crippen LogP contribution < -0.4 is 10.2 Å². The molecule has 0 fully saturated rings. The number of hydrogen-bond donors (Lipinski definition) is 1. The Morgan fingerprint density at radius 3 is 3.00 bits per heavy atom. The lowest BCUT2D eigenvalue weighted by molar-refractivity contribution is -0.115. The first-order valence-corrected chi connectivity index (χ1v) is 6.45. The molecule has 1 aromatic carbocycles. The maximum absolute atomic E-state index is 11.7. The second-order valence-corrected chi connectivity index (χ2v) is 5.01. The highest BCUT2D eigenvalue weighted by Gasteiger charge is 2.24. The van der Waals surface area contributed by atoms with Crippen molar-refractivity contribution in [2.24, 2.45) is 0 Å². The van der Waals surface area contributed by atoms with Gasteiger partial charge in [-0.1, -0.05) is 12.1 Å². The van der Waals surface area contributed by atoms with Crippen LogP contribution in [0.15, 0.2) is 36.8 Å². The van der Waals surface area contributed by atoms with E-state index >= 15 is 0 Å². The summed E-state index contributed by atoms with van der Waals surface area (Å²) < 4.78 is 0.916. The molecule has 18 heavy (non-hydrogen) atoms. The number of carbonyl (C=O) groups excluding carboxylic acids is 1. The number of rotatable bonds is 1. The Morgan fingerprint density at radius 2 is 2.17 bits per heavy atom. The summed E-state index contributed by atoms with van der Waals surface area (Å²) in [6.45, 7) is 0.268. The van der Waals surface area contributed by atoms with E-state index in [0.29, 0.717) is 0 Å². The third-order valence-corrected chi connectivity index (χ3v) is 3.44. The van der Waals surface area contributed by atoms with Gasteiger partial charge in [0.1, 0.15) is 18.7 Å². The zero-order valence-electron chi connectivity index (χ0n) is 9.30. The molecule has 0 aliphatic carbocycles. The molecule has 6 heteroatoms. The largest absolute Gasteiger partial charge is 0.323 e. The minimum absolute atomic E-state index is 0.0388. The van der Waals surface area contributed by atoms with E-state index < -0.39 is 0 Å². The van der Waals surface area contributed by atoms with E-state index in [1.165, 1.54) is 6.33 Å². The molecule has 0 saturated heterocycles. The van der Waals surface area contributed by atoms with E-state index in [9.17, 15) is 4.79 Å². The number of nitrogens with zero attached hydrogens (tertiary/aromatic N) is 3. The minimum Gasteiger partial charge on any atom is -0.323 e. The maximum atomic E-state index is 11.7. The normalized spacial score (nSPS) is 14.1. The van der Waals surface area contributed by atoms with Gasteiger partial charge < -0.3 is 10.2 Å². The molecule has 0 atom stereocenters. The average Bonchev–Trinajstić information content (AvgIpc) is 2.38. The summed E-state index contributed by atoms with van der Waals surface area (Å²) in [5.41, 5.74) is 1.76. The third kappa shape index (κ3) is 1.92. The van der Waals surface area contributed by atoms with Crippen LogP contribution in [-0.2, 0) is 4.79 Å². The molecule has 0 saturated carbocycles. The van der Waals surface area contributed by atoms with Crippen molar-refractivity contribution >= 4 is 45.7 Å². The highest BCUT2D eigenvalue weighted by Crippen LogP contribution is 2.35. The molecule has 0 bridgehead atoms. The smallest absolute Gasteiger partial charge is 0.244 e. The van der Waals surface area contributed by atoms with E-state index in [-0.39, 0.29) is 12.5 Å². The Balaban J connectivity index is 2.13. The number of hydrogen-bond acceptors (Lipinski definition) is 4. The van der Waals surface area contributed by atoms with Crippen molar-refractivity contribution < 1.29 is 4.79 Å². The fourth-order valence-electron chi connectivity index (χ4n) is 1.93. The molecule has 2 aromatic rings. The zero-order valence-corrected chi connectivity index (χ0v) is 11.5. The second kappa shape index (κ2) is 4.52. The summed E-state index contributed by atoms with van der Waals surface area (Å²) in [7, 11) is 0. The Morgan fingerprint density at radius 1 is 1.33 bits per heavy atom. The minimum atomic E-state index is -0.0388. The number of amides is 1. The van der Waals surface area contributed by atoms with Gasteiger partial charge in [-0.3, -0.25) is 4.79 Å². The van der Waals surface area contributed by atoms with E-state index in [2.05, 4.69) is 37.9 Å². The number of fused-ring (bicyclic) bond motifs is 1. The first-order chi connectivity index (χ1) is 8.75. The molecule has 0 spiro atoms. The molecule has 0 radical (unpaired) electrons. The van der Waals surface area contributed by atoms with Crippen molar-refractivity contribution in [3.8, 4) is 0 Å². The quantitative estimate of drug-likeness (QED) is 0.800. The fraction of sp³-hybridized carbons (Fsp3) is 0.0833. The van der Waals surface area contributed by atoms with Crippen molar-refractivity contribution in [2.45, 2.75) is 0 Å². The predicted molar refractivity (Wildman–Crippen MR) is 76.8 cm³/mol. The molecule has 90 valence electrons. The summed E-state index contributed by atoms with van der Waals surface area (Å²) in [6, 6.07) is 7.69. The van der Waals surface area contributed by atoms with Crippen LogP contribution in [0.1, 0.15) is 0 Å². The number of aromatic nitrogens is 2. The van der Waals surface area contributed by atoms with Gasteiger partial charge in [0.05, 0.1) is 14.9 Å². The van der Waals surface area contributed by atoms with Crippen LogP contribution in [0.2, 0.25) is 0 Å². The van der Waals surface area contributed by atoms with Gasteiger partial charge in [-0.2, -0.15) is 0 Å². The standard InChI is InChI=1S/C12H9IN4O/c13-8-5-14-7-15-12(8)17-6-11(18)16-9-3-1-2-4-10(9)17/h1-5,7H,6H2,(H,16,18). The molecular formula is C12H9IN4O. The summed E-state index contributed by atoms with van der Waals surface area (Å²) in [6.07, 6.45) is 3.23. The summed E-state index contributed by atoms with van der Waals surface area (Å²) in [5, 5.41) is 2.85. The summed E-state index contributed by atoms with van der Waals surface area (Å²) >= 11 is 2.17. The first kappa shape index (κ1) is 11.4. The lowest BCUT2D eigenvalue weighted by Gasteiger charge is -2.30. The van der Waals surface area contributed by atoms with Crippen LogP contribution in [0.25, 0.3) is 0 Å². The molecule has 1 amide bonds. The van der Waals surface area contributed by atoms with E-state index in [1.54, 1.807) is 6.20 Å². The Hall–Kier alpha value is -1.70. The molecule has 3 rings (SSSR count). The summed E-state index contributed by atoms with van der Waals surface area (Å²) in [4.78, 5) is 21.9. The Kier molecular flexibility index (Phi) is 2.86. The van der Waals surface area contributed by atoms with Gasteiger partial charge in [-0.25, -0.2) is 9.97 Å². The van der Waals surface area contributed by atoms with Crippen LogP contribution >= 0.6 is 22.6 Å². The maximum Gasteiger partial charge on any atom is 0.244 e. The molecule has 2 heterocycles. The van der Waals surface area contributed by atoms with Gasteiger partial charge in [-0.05, 0) is 34.7 Å². The first-order valence-electron chi connectivity index (χ1n) is 5.37. The Bertz CT molecular complexity index is 617. The highest BCUT2D eigenvalue weighted by atomic mass is 127. The highest BCUT2D eigenvalue weighted by molar-refractivity contribution is 14.1. The zero-order chi connectivity index (χ0) is 12.5. The van der Waals surface area contributed by atoms with Crippen molar-refractivity contribution in [1.82, 2.24) is 9.97 Å². The van der Waals surface area contributed by atoms with Crippen LogP contribution in [0.4, 0.5) is 17.2 Å². The van der Waals surface area contributed by atoms with Crippen LogP contribution in [-0.4, -0.2) is 22.4 Å². The van der Waals surface area contributed by atoms with Gasteiger partial charge in [0.15, 0.2) is 0 Å². The van der Waals surface area contributed by atoms with Gasteiger partial charge in [0.2, 0.25) is 5.91 Å². The topological polar surface area (TPSA) is 58.1 Å². The SMILES string of the molecule is O=C1CN(c2ncncc2I)c2ccccc2N1. The summed E-state index contributed by atoms with van der Waals surface area (Å²) in [5.74, 6) is 0.719. The molecular weight excluding hydrogens is 343 g/mol. The molecule has 5 nitrogen and oxygen atoms in total. The average molecular weight is 352 g/mol. The van der Waals surface area contributed by atoms with Crippen LogP contribution in [0, 0.1) is 3.57 Å². The molecule has 1 aliphatic heterocycles. The van der Waals surface area contributed by atoms with E-state index in [4.69, 9.17) is 0 Å². The molecule has 1 aromatic heterocycles. The van der Waals surface area contributed by atoms with Crippen molar-refractivity contribution in [3.63, 3.8) is 0 Å². The van der Waals surface area contributed by atoms with Gasteiger partial charge in [-0.15, -0.1) is 0 Å². The molecule has 0 unspecified atom stereocenters. The van der Waals surface area contributed by atoms with Crippen molar-refractivity contribution in [2.75, 3.05) is 16.8 Å². The number of carbonyl (C=O) groups is 1. The number of para-hydroxylation sites is 2. The number of benzene rings is 1. The molecule has 1 N–H and O–H groups in total.